The van der Waals surface area contributed by atoms with Crippen molar-refractivity contribution in [3.05, 3.63) is 94.5 Å². The van der Waals surface area contributed by atoms with Crippen LogP contribution in [-0.4, -0.2) is 18.1 Å². The first-order valence-electron chi connectivity index (χ1n) is 9.50. The molecule has 0 bridgehead atoms. The maximum absolute atomic E-state index is 10.4. The van der Waals surface area contributed by atoms with E-state index in [0.29, 0.717) is 13.0 Å². The van der Waals surface area contributed by atoms with E-state index in [-0.39, 0.29) is 12.6 Å². The van der Waals surface area contributed by atoms with Crippen molar-refractivity contribution in [1.29, 1.82) is 0 Å². The van der Waals surface area contributed by atoms with E-state index in [1.807, 2.05) is 61.5 Å². The van der Waals surface area contributed by atoms with E-state index >= 15 is 0 Å². The Labute approximate surface area is 165 Å². The highest BCUT2D eigenvalue weighted by atomic mass is 16.5. The third kappa shape index (κ3) is 5.64. The molecule has 1 unspecified atom stereocenters. The monoisotopic (exact) mass is 375 g/mol. The molecule has 0 aliphatic rings. The molecule has 0 aliphatic carbocycles. The maximum atomic E-state index is 10.4. The van der Waals surface area contributed by atoms with E-state index in [9.17, 15) is 4.91 Å². The third-order valence-corrected chi connectivity index (χ3v) is 4.66. The van der Waals surface area contributed by atoms with Crippen molar-refractivity contribution >= 4 is 5.82 Å². The standard InChI is InChI=1S/C23H25N3O2/c1-18-10-11-21(17-20(18)12-15-25-27)28-16-13-22(19-7-3-2-4-8-19)26-23-9-5-6-14-24-23/h2-11,14,17,22H,12-13,15-16H2,1H3,(H,24,26). The van der Waals surface area contributed by atoms with Crippen LogP contribution in [0, 0.1) is 11.8 Å². The number of nitrogens with zero attached hydrogens (tertiary/aromatic N) is 2. The Hall–Kier alpha value is -3.21. The fourth-order valence-electron chi connectivity index (χ4n) is 3.10. The van der Waals surface area contributed by atoms with Crippen molar-refractivity contribution in [3.63, 3.8) is 0 Å². The molecule has 0 aliphatic heterocycles. The first-order chi connectivity index (χ1) is 13.8. The molecule has 5 nitrogen and oxygen atoms in total. The quantitative estimate of drug-likeness (QED) is 0.487. The summed E-state index contributed by atoms with van der Waals surface area (Å²) < 4.78 is 6.00. The van der Waals surface area contributed by atoms with E-state index in [2.05, 4.69) is 27.6 Å². The highest BCUT2D eigenvalue weighted by Crippen LogP contribution is 2.23. The van der Waals surface area contributed by atoms with Gasteiger partial charge < -0.3 is 10.1 Å². The first-order valence-corrected chi connectivity index (χ1v) is 9.50. The third-order valence-electron chi connectivity index (χ3n) is 4.66. The second-order valence-electron chi connectivity index (χ2n) is 6.65. The number of anilines is 1. The average Bonchev–Trinajstić information content (AvgIpc) is 2.74. The van der Waals surface area contributed by atoms with E-state index in [4.69, 9.17) is 4.74 Å². The molecule has 1 N–H and O–H groups in total. The largest absolute Gasteiger partial charge is 0.493 e. The molecule has 2 aromatic carbocycles. The van der Waals surface area contributed by atoms with Gasteiger partial charge in [0.05, 0.1) is 19.2 Å². The smallest absolute Gasteiger partial charge is 0.126 e. The van der Waals surface area contributed by atoms with E-state index in [1.54, 1.807) is 6.20 Å². The Morgan fingerprint density at radius 1 is 1.07 bits per heavy atom. The normalized spacial score (nSPS) is 11.6. The van der Waals surface area contributed by atoms with Gasteiger partial charge in [0, 0.05) is 12.6 Å². The number of pyridine rings is 1. The van der Waals surface area contributed by atoms with Crippen LogP contribution in [-0.2, 0) is 6.42 Å². The van der Waals surface area contributed by atoms with Crippen molar-refractivity contribution < 1.29 is 4.74 Å². The number of aromatic nitrogens is 1. The molecule has 5 heteroatoms. The molecule has 144 valence electrons. The number of nitroso groups, excluding NO2 is 1. The summed E-state index contributed by atoms with van der Waals surface area (Å²) in [6.07, 6.45) is 3.21. The SMILES string of the molecule is Cc1ccc(OCCC(Nc2ccccn2)c2ccccc2)cc1CCN=O. The highest BCUT2D eigenvalue weighted by molar-refractivity contribution is 5.38. The van der Waals surface area contributed by atoms with Gasteiger partial charge in [-0.3, -0.25) is 0 Å². The molecule has 0 radical (unpaired) electrons. The van der Waals surface area contributed by atoms with Gasteiger partial charge in [-0.1, -0.05) is 47.6 Å². The summed E-state index contributed by atoms with van der Waals surface area (Å²) in [5.41, 5.74) is 3.44. The predicted molar refractivity (Wildman–Crippen MR) is 113 cm³/mol. The van der Waals surface area contributed by atoms with E-state index in [1.165, 1.54) is 5.56 Å². The molecule has 0 saturated carbocycles. The Bertz CT molecular complexity index is 870. The molecule has 3 aromatic rings. The van der Waals surface area contributed by atoms with Crippen molar-refractivity contribution in [2.45, 2.75) is 25.8 Å². The second-order valence-corrected chi connectivity index (χ2v) is 6.65. The summed E-state index contributed by atoms with van der Waals surface area (Å²) in [5, 5.41) is 6.45. The number of nitrogens with one attached hydrogen (secondary N) is 1. The molecular weight excluding hydrogens is 350 g/mol. The molecule has 0 spiro atoms. The zero-order valence-electron chi connectivity index (χ0n) is 16.0. The van der Waals surface area contributed by atoms with Crippen LogP contribution in [0.3, 0.4) is 0 Å². The van der Waals surface area contributed by atoms with Gasteiger partial charge in [0.1, 0.15) is 11.6 Å². The van der Waals surface area contributed by atoms with Crippen LogP contribution >= 0.6 is 0 Å². The minimum absolute atomic E-state index is 0.0975. The number of hydrogen-bond donors (Lipinski definition) is 1. The lowest BCUT2D eigenvalue weighted by molar-refractivity contribution is 0.301. The molecule has 0 fully saturated rings. The van der Waals surface area contributed by atoms with Crippen LogP contribution in [0.15, 0.2) is 78.1 Å². The molecule has 1 atom stereocenters. The van der Waals surface area contributed by atoms with Crippen LogP contribution in [0.4, 0.5) is 5.82 Å². The van der Waals surface area contributed by atoms with Crippen LogP contribution in [0.25, 0.3) is 0 Å². The molecule has 28 heavy (non-hydrogen) atoms. The predicted octanol–water partition coefficient (Wildman–Crippen LogP) is 5.32. The number of benzene rings is 2. The Morgan fingerprint density at radius 3 is 2.64 bits per heavy atom. The summed E-state index contributed by atoms with van der Waals surface area (Å²) >= 11 is 0. The minimum atomic E-state index is 0.0975. The van der Waals surface area contributed by atoms with E-state index in [0.717, 1.165) is 29.1 Å². The molecular formula is C23H25N3O2. The van der Waals surface area contributed by atoms with Crippen molar-refractivity contribution in [1.82, 2.24) is 4.98 Å². The Morgan fingerprint density at radius 2 is 1.89 bits per heavy atom. The molecule has 1 heterocycles. The average molecular weight is 375 g/mol. The summed E-state index contributed by atoms with van der Waals surface area (Å²) in [6.45, 7) is 2.88. The van der Waals surface area contributed by atoms with Gasteiger partial charge >= 0.3 is 0 Å². The van der Waals surface area contributed by atoms with Crippen LogP contribution in [0.5, 0.6) is 5.75 Å². The van der Waals surface area contributed by atoms with Gasteiger partial charge in [-0.25, -0.2) is 4.98 Å². The summed E-state index contributed by atoms with van der Waals surface area (Å²) in [4.78, 5) is 14.8. The van der Waals surface area contributed by atoms with Crippen LogP contribution in [0.1, 0.15) is 29.2 Å². The maximum Gasteiger partial charge on any atom is 0.126 e. The molecule has 0 saturated heterocycles. The number of aryl methyl sites for hydroxylation is 1. The fourth-order valence-corrected chi connectivity index (χ4v) is 3.10. The molecule has 1 aromatic heterocycles. The lowest BCUT2D eigenvalue weighted by atomic mass is 10.0. The Kier molecular flexibility index (Phi) is 7.13. The molecule has 3 rings (SSSR count). The highest BCUT2D eigenvalue weighted by Gasteiger charge is 2.12. The van der Waals surface area contributed by atoms with Crippen LogP contribution in [0.2, 0.25) is 0 Å². The second kappa shape index (κ2) is 10.2. The van der Waals surface area contributed by atoms with Gasteiger partial charge in [-0.2, -0.15) is 4.91 Å². The van der Waals surface area contributed by atoms with Crippen LogP contribution < -0.4 is 10.1 Å². The number of hydrogen-bond acceptors (Lipinski definition) is 5. The topological polar surface area (TPSA) is 63.6 Å². The summed E-state index contributed by atoms with van der Waals surface area (Å²) in [6, 6.07) is 22.2. The van der Waals surface area contributed by atoms with E-state index < -0.39 is 0 Å². The van der Waals surface area contributed by atoms with Crippen molar-refractivity contribution in [3.8, 4) is 5.75 Å². The van der Waals surface area contributed by atoms with Gasteiger partial charge in [0.25, 0.3) is 0 Å². The Balaban J connectivity index is 1.64. The zero-order valence-corrected chi connectivity index (χ0v) is 16.0. The van der Waals surface area contributed by atoms with Crippen molar-refractivity contribution in [2.75, 3.05) is 18.5 Å². The van der Waals surface area contributed by atoms with Gasteiger partial charge in [0.15, 0.2) is 0 Å². The lowest BCUT2D eigenvalue weighted by Gasteiger charge is -2.20. The lowest BCUT2D eigenvalue weighted by Crippen LogP contribution is -2.15. The summed E-state index contributed by atoms with van der Waals surface area (Å²) in [7, 11) is 0. The fraction of sp³-hybridized carbons (Fsp3) is 0.261. The molecule has 0 amide bonds. The number of ether oxygens (including phenoxy) is 1. The summed E-state index contributed by atoms with van der Waals surface area (Å²) in [5.74, 6) is 1.66. The first kappa shape index (κ1) is 19.5. The minimum Gasteiger partial charge on any atom is -0.493 e. The van der Waals surface area contributed by atoms with Gasteiger partial charge in [-0.15, -0.1) is 0 Å². The van der Waals surface area contributed by atoms with Crippen molar-refractivity contribution in [2.24, 2.45) is 5.18 Å². The van der Waals surface area contributed by atoms with Gasteiger partial charge in [0.2, 0.25) is 0 Å². The van der Waals surface area contributed by atoms with Gasteiger partial charge in [-0.05, 0) is 54.3 Å². The number of rotatable bonds is 10. The zero-order chi connectivity index (χ0) is 19.6.